The summed E-state index contributed by atoms with van der Waals surface area (Å²) in [6.45, 7) is 2.91. The van der Waals surface area contributed by atoms with Gasteiger partial charge in [0.15, 0.2) is 0 Å². The van der Waals surface area contributed by atoms with E-state index in [2.05, 4.69) is 16.8 Å². The predicted octanol–water partition coefficient (Wildman–Crippen LogP) is 3.40. The molecule has 5 nitrogen and oxygen atoms in total. The lowest BCUT2D eigenvalue weighted by Crippen LogP contribution is -2.27. The predicted molar refractivity (Wildman–Crippen MR) is 92.7 cm³/mol. The van der Waals surface area contributed by atoms with Gasteiger partial charge in [-0.05, 0) is 43.2 Å². The number of hydrogen-bond donors (Lipinski definition) is 0. The molecule has 3 rings (SSSR count). The fraction of sp³-hybridized carbons (Fsp3) is 0.368. The smallest absolute Gasteiger partial charge is 0.343 e. The molecule has 2 atom stereocenters. The molecule has 2 unspecified atom stereocenters. The molecule has 0 N–H and O–H groups in total. The van der Waals surface area contributed by atoms with E-state index in [0.29, 0.717) is 11.5 Å². The first-order chi connectivity index (χ1) is 12.0. The molecule has 0 radical (unpaired) electrons. The topological polar surface area (TPSA) is 51.7 Å². The van der Waals surface area contributed by atoms with E-state index >= 15 is 0 Å². The number of aromatic nitrogens is 1. The minimum absolute atomic E-state index is 0.226. The quantitative estimate of drug-likeness (QED) is 0.796. The summed E-state index contributed by atoms with van der Waals surface area (Å²) in [6, 6.07) is 10.4. The van der Waals surface area contributed by atoms with Crippen molar-refractivity contribution in [2.24, 2.45) is 0 Å². The van der Waals surface area contributed by atoms with Crippen molar-refractivity contribution >= 4 is 11.8 Å². The maximum absolute atomic E-state index is 13.1. The van der Waals surface area contributed by atoms with E-state index in [1.807, 2.05) is 12.1 Å². The van der Waals surface area contributed by atoms with Crippen LogP contribution in [0.5, 0.6) is 5.88 Å². The van der Waals surface area contributed by atoms with Crippen LogP contribution < -0.4 is 9.64 Å². The van der Waals surface area contributed by atoms with Crippen LogP contribution in [0, 0.1) is 5.82 Å². The molecule has 1 aromatic heterocycles. The molecule has 0 saturated carbocycles. The summed E-state index contributed by atoms with van der Waals surface area (Å²) in [4.78, 5) is 18.4. The van der Waals surface area contributed by atoms with E-state index in [1.165, 1.54) is 26.4 Å². The fourth-order valence-corrected chi connectivity index (χ4v) is 3.34. The highest BCUT2D eigenvalue weighted by Gasteiger charge is 2.31. The van der Waals surface area contributed by atoms with Crippen molar-refractivity contribution in [3.63, 3.8) is 0 Å². The molecule has 1 aromatic carbocycles. The molecule has 2 aromatic rings. The number of benzene rings is 1. The number of anilines is 1. The molecule has 0 aliphatic carbocycles. The van der Waals surface area contributed by atoms with E-state index < -0.39 is 5.97 Å². The molecule has 1 saturated heterocycles. The molecule has 0 spiro atoms. The van der Waals surface area contributed by atoms with Gasteiger partial charge in [-0.2, -0.15) is 4.98 Å². The zero-order valence-corrected chi connectivity index (χ0v) is 14.5. The van der Waals surface area contributed by atoms with Crippen LogP contribution in [-0.2, 0) is 4.74 Å². The standard InChI is InChI=1S/C19H21FN2O3/c1-12-10-14(13-4-6-15(20)7-5-13)11-22(12)17-9-8-16(19(23)25-3)18(21-17)24-2/h4-9,12,14H,10-11H2,1-3H3. The van der Waals surface area contributed by atoms with Gasteiger partial charge >= 0.3 is 5.97 Å². The number of esters is 1. The van der Waals surface area contributed by atoms with Crippen LogP contribution in [0.3, 0.4) is 0 Å². The molecule has 0 bridgehead atoms. The van der Waals surface area contributed by atoms with Gasteiger partial charge in [-0.15, -0.1) is 0 Å². The summed E-state index contributed by atoms with van der Waals surface area (Å²) in [5.74, 6) is 0.609. The Bertz CT molecular complexity index is 764. The Kier molecular flexibility index (Phi) is 4.88. The molecule has 2 heterocycles. The average Bonchev–Trinajstić information content (AvgIpc) is 3.02. The normalized spacial score (nSPS) is 19.8. The maximum Gasteiger partial charge on any atom is 0.343 e. The molecule has 25 heavy (non-hydrogen) atoms. The summed E-state index contributed by atoms with van der Waals surface area (Å²) in [7, 11) is 2.80. The zero-order valence-electron chi connectivity index (χ0n) is 14.5. The van der Waals surface area contributed by atoms with E-state index in [1.54, 1.807) is 12.1 Å². The number of halogens is 1. The van der Waals surface area contributed by atoms with Gasteiger partial charge in [0.1, 0.15) is 17.2 Å². The second-order valence-corrected chi connectivity index (χ2v) is 6.20. The lowest BCUT2D eigenvalue weighted by Gasteiger charge is -2.23. The van der Waals surface area contributed by atoms with Gasteiger partial charge in [-0.25, -0.2) is 9.18 Å². The first-order valence-corrected chi connectivity index (χ1v) is 8.19. The molecule has 1 aliphatic heterocycles. The highest BCUT2D eigenvalue weighted by Crippen LogP contribution is 2.35. The number of methoxy groups -OCH3 is 2. The number of nitrogens with zero attached hydrogens (tertiary/aromatic N) is 2. The lowest BCUT2D eigenvalue weighted by atomic mass is 9.97. The Balaban J connectivity index is 1.84. The largest absolute Gasteiger partial charge is 0.480 e. The van der Waals surface area contributed by atoms with Crippen molar-refractivity contribution in [2.75, 3.05) is 25.7 Å². The SMILES string of the molecule is COC(=O)c1ccc(N2CC(c3ccc(F)cc3)CC2C)nc1OC. The highest BCUT2D eigenvalue weighted by atomic mass is 19.1. The van der Waals surface area contributed by atoms with Crippen molar-refractivity contribution < 1.29 is 18.7 Å². The molecule has 1 aliphatic rings. The molecule has 0 amide bonds. The van der Waals surface area contributed by atoms with Gasteiger partial charge in [-0.3, -0.25) is 0 Å². The third kappa shape index (κ3) is 3.43. The first-order valence-electron chi connectivity index (χ1n) is 8.19. The van der Waals surface area contributed by atoms with Gasteiger partial charge in [0.2, 0.25) is 5.88 Å². The van der Waals surface area contributed by atoms with Crippen LogP contribution in [0.4, 0.5) is 10.2 Å². The number of carbonyl (C=O) groups is 1. The van der Waals surface area contributed by atoms with Gasteiger partial charge in [0.05, 0.1) is 14.2 Å². The van der Waals surface area contributed by atoms with Crippen LogP contribution in [0.2, 0.25) is 0 Å². The molecular weight excluding hydrogens is 323 g/mol. The first kappa shape index (κ1) is 17.2. The number of hydrogen-bond acceptors (Lipinski definition) is 5. The second kappa shape index (κ2) is 7.09. The van der Waals surface area contributed by atoms with Crippen LogP contribution in [0.25, 0.3) is 0 Å². The monoisotopic (exact) mass is 344 g/mol. The molecule has 6 heteroatoms. The summed E-state index contributed by atoms with van der Waals surface area (Å²) in [6.07, 6.45) is 0.953. The molecule has 1 fully saturated rings. The van der Waals surface area contributed by atoms with Gasteiger partial charge in [0, 0.05) is 18.5 Å². The molecular formula is C19H21FN2O3. The Labute approximate surface area is 146 Å². The van der Waals surface area contributed by atoms with E-state index in [0.717, 1.165) is 24.3 Å². The number of carbonyl (C=O) groups excluding carboxylic acids is 1. The minimum Gasteiger partial charge on any atom is -0.480 e. The van der Waals surface area contributed by atoms with Gasteiger partial charge < -0.3 is 14.4 Å². The van der Waals surface area contributed by atoms with Crippen molar-refractivity contribution in [3.8, 4) is 5.88 Å². The summed E-state index contributed by atoms with van der Waals surface area (Å²) < 4.78 is 23.1. The van der Waals surface area contributed by atoms with Crippen LogP contribution in [0.1, 0.15) is 35.2 Å². The highest BCUT2D eigenvalue weighted by molar-refractivity contribution is 5.92. The zero-order chi connectivity index (χ0) is 18.0. The third-order valence-corrected chi connectivity index (χ3v) is 4.65. The van der Waals surface area contributed by atoms with Crippen LogP contribution >= 0.6 is 0 Å². The summed E-state index contributed by atoms with van der Waals surface area (Å²) in [5, 5.41) is 0. The van der Waals surface area contributed by atoms with Crippen molar-refractivity contribution in [1.82, 2.24) is 4.98 Å². The summed E-state index contributed by atoms with van der Waals surface area (Å²) >= 11 is 0. The van der Waals surface area contributed by atoms with E-state index in [9.17, 15) is 9.18 Å². The Morgan fingerprint density at radius 1 is 1.20 bits per heavy atom. The number of ether oxygens (including phenoxy) is 2. The average molecular weight is 344 g/mol. The van der Waals surface area contributed by atoms with Crippen LogP contribution in [-0.4, -0.2) is 37.8 Å². The number of rotatable bonds is 4. The summed E-state index contributed by atoms with van der Waals surface area (Å²) in [5.41, 5.74) is 1.42. The van der Waals surface area contributed by atoms with Crippen molar-refractivity contribution in [2.45, 2.75) is 25.3 Å². The Morgan fingerprint density at radius 3 is 2.56 bits per heavy atom. The van der Waals surface area contributed by atoms with Crippen LogP contribution in [0.15, 0.2) is 36.4 Å². The van der Waals surface area contributed by atoms with Gasteiger partial charge in [0.25, 0.3) is 0 Å². The third-order valence-electron chi connectivity index (χ3n) is 4.65. The molecule has 132 valence electrons. The van der Waals surface area contributed by atoms with Gasteiger partial charge in [-0.1, -0.05) is 12.1 Å². The minimum atomic E-state index is -0.477. The number of pyridine rings is 1. The Hall–Kier alpha value is -2.63. The lowest BCUT2D eigenvalue weighted by molar-refractivity contribution is 0.0596. The maximum atomic E-state index is 13.1. The Morgan fingerprint density at radius 2 is 1.92 bits per heavy atom. The van der Waals surface area contributed by atoms with E-state index in [-0.39, 0.29) is 17.7 Å². The van der Waals surface area contributed by atoms with E-state index in [4.69, 9.17) is 9.47 Å². The fourth-order valence-electron chi connectivity index (χ4n) is 3.34. The van der Waals surface area contributed by atoms with Crippen molar-refractivity contribution in [3.05, 3.63) is 53.3 Å². The second-order valence-electron chi connectivity index (χ2n) is 6.20. The van der Waals surface area contributed by atoms with Crippen molar-refractivity contribution in [1.29, 1.82) is 0 Å².